The second-order valence-corrected chi connectivity index (χ2v) is 6.54. The molecule has 1 aromatic carbocycles. The lowest BCUT2D eigenvalue weighted by Crippen LogP contribution is -2.45. The van der Waals surface area contributed by atoms with Crippen molar-refractivity contribution in [3.05, 3.63) is 59.2 Å². The van der Waals surface area contributed by atoms with Gasteiger partial charge in [-0.2, -0.15) is 0 Å². The Kier molecular flexibility index (Phi) is 8.17. The first-order valence-electron chi connectivity index (χ1n) is 8.69. The van der Waals surface area contributed by atoms with E-state index in [-0.39, 0.29) is 36.0 Å². The van der Waals surface area contributed by atoms with E-state index in [0.29, 0.717) is 5.76 Å². The molecule has 2 atom stereocenters. The Morgan fingerprint density at radius 2 is 2.21 bits per heavy atom. The van der Waals surface area contributed by atoms with Crippen LogP contribution >= 0.6 is 11.6 Å². The molecular weight excluding hydrogens is 405 g/mol. The average Bonchev–Trinajstić information content (AvgIpc) is 3.13. The molecule has 0 saturated heterocycles. The van der Waals surface area contributed by atoms with Crippen LogP contribution in [0.3, 0.4) is 0 Å². The van der Waals surface area contributed by atoms with Gasteiger partial charge >= 0.3 is 0 Å². The first-order chi connectivity index (χ1) is 13.8. The minimum absolute atomic E-state index is 0.0533. The van der Waals surface area contributed by atoms with Crippen molar-refractivity contribution < 1.29 is 28.3 Å². The molecule has 10 heteroatoms. The van der Waals surface area contributed by atoms with Crippen LogP contribution in [0.2, 0.25) is 5.02 Å². The third-order valence-electron chi connectivity index (χ3n) is 3.84. The summed E-state index contributed by atoms with van der Waals surface area (Å²) in [4.78, 5) is 23.9. The van der Waals surface area contributed by atoms with E-state index in [1.165, 1.54) is 24.3 Å². The van der Waals surface area contributed by atoms with Crippen LogP contribution < -0.4 is 15.4 Å². The summed E-state index contributed by atoms with van der Waals surface area (Å²) in [5, 5.41) is 18.9. The van der Waals surface area contributed by atoms with Crippen LogP contribution in [0.4, 0.5) is 4.39 Å². The van der Waals surface area contributed by atoms with Crippen molar-refractivity contribution in [1.82, 2.24) is 15.8 Å². The summed E-state index contributed by atoms with van der Waals surface area (Å²) >= 11 is 5.58. The predicted octanol–water partition coefficient (Wildman–Crippen LogP) is 2.01. The Morgan fingerprint density at radius 1 is 1.45 bits per heavy atom. The summed E-state index contributed by atoms with van der Waals surface area (Å²) in [6, 6.07) is 4.53. The number of benzene rings is 1. The van der Waals surface area contributed by atoms with Gasteiger partial charge in [0.15, 0.2) is 12.3 Å². The molecular formula is C19H21ClFN3O5. The number of nitrogens with one attached hydrogen (secondary N) is 2. The molecule has 0 aliphatic heterocycles. The molecule has 1 aromatic heterocycles. The fourth-order valence-corrected chi connectivity index (χ4v) is 2.45. The number of nitrogens with zero attached hydrogens (tertiary/aromatic N) is 1. The van der Waals surface area contributed by atoms with Gasteiger partial charge in [-0.3, -0.25) is 9.59 Å². The van der Waals surface area contributed by atoms with Gasteiger partial charge in [0.05, 0.1) is 17.2 Å². The number of aliphatic hydroxyl groups excluding tert-OH is 1. The number of carbonyl (C=O) groups excluding carboxylic acids is 2. The number of aromatic nitrogens is 1. The van der Waals surface area contributed by atoms with Gasteiger partial charge in [0.2, 0.25) is 0 Å². The molecule has 0 saturated carbocycles. The van der Waals surface area contributed by atoms with Gasteiger partial charge in [-0.15, -0.1) is 6.58 Å². The van der Waals surface area contributed by atoms with Crippen LogP contribution in [-0.2, 0) is 4.79 Å². The second-order valence-electron chi connectivity index (χ2n) is 6.13. The summed E-state index contributed by atoms with van der Waals surface area (Å²) in [6.45, 7) is 5.00. The van der Waals surface area contributed by atoms with E-state index in [1.807, 2.05) is 0 Å². The first-order valence-corrected chi connectivity index (χ1v) is 9.07. The number of rotatable bonds is 10. The van der Waals surface area contributed by atoms with Crippen molar-refractivity contribution in [3.63, 3.8) is 0 Å². The molecule has 3 N–H and O–H groups in total. The van der Waals surface area contributed by atoms with E-state index in [4.69, 9.17) is 20.9 Å². The van der Waals surface area contributed by atoms with E-state index in [0.717, 1.165) is 6.07 Å². The Labute approximate surface area is 171 Å². The summed E-state index contributed by atoms with van der Waals surface area (Å²) in [6.07, 6.45) is 0.527. The van der Waals surface area contributed by atoms with Gasteiger partial charge in [0.25, 0.3) is 11.8 Å². The SMILES string of the molecule is C=CC(NC(=O)COc1ccc(Cl)c(F)c1)C(O)CCNC(=O)c1cc(C)on1. The zero-order chi connectivity index (χ0) is 21.4. The van der Waals surface area contributed by atoms with Gasteiger partial charge in [0.1, 0.15) is 17.3 Å². The quantitative estimate of drug-likeness (QED) is 0.502. The maximum atomic E-state index is 13.4. The maximum absolute atomic E-state index is 13.4. The lowest BCUT2D eigenvalue weighted by atomic mass is 10.1. The molecule has 1 heterocycles. The molecule has 29 heavy (non-hydrogen) atoms. The van der Waals surface area contributed by atoms with Crippen LogP contribution in [0.25, 0.3) is 0 Å². The number of hydrogen-bond donors (Lipinski definition) is 3. The van der Waals surface area contributed by atoms with Crippen molar-refractivity contribution in [2.45, 2.75) is 25.5 Å². The van der Waals surface area contributed by atoms with Crippen LogP contribution in [-0.4, -0.2) is 47.4 Å². The monoisotopic (exact) mass is 425 g/mol. The van der Waals surface area contributed by atoms with E-state index < -0.39 is 29.8 Å². The van der Waals surface area contributed by atoms with Gasteiger partial charge in [-0.25, -0.2) is 4.39 Å². The van der Waals surface area contributed by atoms with Crippen molar-refractivity contribution in [1.29, 1.82) is 0 Å². The van der Waals surface area contributed by atoms with Gasteiger partial charge in [-0.1, -0.05) is 22.8 Å². The smallest absolute Gasteiger partial charge is 0.273 e. The lowest BCUT2D eigenvalue weighted by Gasteiger charge is -2.21. The van der Waals surface area contributed by atoms with E-state index in [1.54, 1.807) is 6.92 Å². The summed E-state index contributed by atoms with van der Waals surface area (Å²) in [7, 11) is 0. The molecule has 0 bridgehead atoms. The Balaban J connectivity index is 1.75. The van der Waals surface area contributed by atoms with E-state index >= 15 is 0 Å². The standard InChI is InChI=1S/C19H21ClFN3O5/c1-3-15(17(25)6-7-22-19(27)16-8-11(2)29-24-16)23-18(26)10-28-12-4-5-13(20)14(21)9-12/h3-5,8-9,15,17,25H,1,6-7,10H2,2H3,(H,22,27)(H,23,26). The second kappa shape index (κ2) is 10.6. The third-order valence-corrected chi connectivity index (χ3v) is 4.15. The van der Waals surface area contributed by atoms with Crippen LogP contribution in [0.5, 0.6) is 5.75 Å². The molecule has 2 rings (SSSR count). The van der Waals surface area contributed by atoms with Crippen molar-refractivity contribution in [2.75, 3.05) is 13.2 Å². The maximum Gasteiger partial charge on any atom is 0.273 e. The highest BCUT2D eigenvalue weighted by Crippen LogP contribution is 2.20. The van der Waals surface area contributed by atoms with Crippen LogP contribution in [0, 0.1) is 12.7 Å². The van der Waals surface area contributed by atoms with E-state index in [9.17, 15) is 19.1 Å². The molecule has 8 nitrogen and oxygen atoms in total. The summed E-state index contributed by atoms with van der Waals surface area (Å²) in [5.74, 6) is -0.980. The molecule has 2 aromatic rings. The highest BCUT2D eigenvalue weighted by Gasteiger charge is 2.19. The highest BCUT2D eigenvalue weighted by atomic mass is 35.5. The van der Waals surface area contributed by atoms with E-state index in [2.05, 4.69) is 22.4 Å². The van der Waals surface area contributed by atoms with Crippen molar-refractivity contribution >= 4 is 23.4 Å². The van der Waals surface area contributed by atoms with Crippen molar-refractivity contribution in [2.24, 2.45) is 0 Å². The molecule has 0 radical (unpaired) electrons. The Morgan fingerprint density at radius 3 is 2.83 bits per heavy atom. The van der Waals surface area contributed by atoms with Crippen LogP contribution in [0.15, 0.2) is 41.4 Å². The zero-order valence-electron chi connectivity index (χ0n) is 15.7. The van der Waals surface area contributed by atoms with Gasteiger partial charge in [0, 0.05) is 18.7 Å². The molecule has 2 amide bonds. The average molecular weight is 426 g/mol. The number of aryl methyl sites for hydroxylation is 1. The third kappa shape index (κ3) is 6.88. The van der Waals surface area contributed by atoms with Crippen molar-refractivity contribution in [3.8, 4) is 5.75 Å². The minimum atomic E-state index is -0.997. The first kappa shape index (κ1) is 22.4. The Hall–Kier alpha value is -2.91. The normalized spacial score (nSPS) is 12.7. The summed E-state index contributed by atoms with van der Waals surface area (Å²) in [5.41, 5.74) is 0.140. The lowest BCUT2D eigenvalue weighted by molar-refractivity contribution is -0.124. The number of ether oxygens (including phenoxy) is 1. The molecule has 0 aliphatic rings. The zero-order valence-corrected chi connectivity index (χ0v) is 16.4. The molecule has 0 aliphatic carbocycles. The van der Waals surface area contributed by atoms with Crippen LogP contribution in [0.1, 0.15) is 22.7 Å². The Bertz CT molecular complexity index is 873. The largest absolute Gasteiger partial charge is 0.484 e. The van der Waals surface area contributed by atoms with Gasteiger partial charge in [-0.05, 0) is 25.5 Å². The highest BCUT2D eigenvalue weighted by molar-refractivity contribution is 6.30. The summed E-state index contributed by atoms with van der Waals surface area (Å²) < 4.78 is 23.4. The molecule has 2 unspecified atom stereocenters. The minimum Gasteiger partial charge on any atom is -0.484 e. The number of hydrogen-bond acceptors (Lipinski definition) is 6. The number of aliphatic hydroxyl groups is 1. The topological polar surface area (TPSA) is 114 Å². The number of halogens is 2. The predicted molar refractivity (Wildman–Crippen MR) is 103 cm³/mol. The number of carbonyl (C=O) groups is 2. The fraction of sp³-hybridized carbons (Fsp3) is 0.316. The molecule has 0 fully saturated rings. The molecule has 156 valence electrons. The van der Waals surface area contributed by atoms with Gasteiger partial charge < -0.3 is 25.0 Å². The fourth-order valence-electron chi connectivity index (χ4n) is 2.33. The number of amides is 2. The molecule has 0 spiro atoms.